The minimum atomic E-state index is 0.147. The Balaban J connectivity index is 2.27. The van der Waals surface area contributed by atoms with Crippen LogP contribution in [0.15, 0.2) is 17.5 Å². The zero-order valence-corrected chi connectivity index (χ0v) is 12.0. The van der Waals surface area contributed by atoms with E-state index in [4.69, 9.17) is 15.6 Å². The number of nitrogen functional groups attached to an aromatic ring is 1. The highest BCUT2D eigenvalue weighted by Crippen LogP contribution is 2.32. The van der Waals surface area contributed by atoms with E-state index in [1.807, 2.05) is 31.4 Å². The zero-order chi connectivity index (χ0) is 13.8. The van der Waals surface area contributed by atoms with Crippen LogP contribution in [0.4, 0.5) is 5.13 Å². The molecule has 0 aliphatic heterocycles. The largest absolute Gasteiger partial charge is 0.493 e. The Hall–Kier alpha value is -1.59. The Morgan fingerprint density at radius 2 is 2.00 bits per heavy atom. The smallest absolute Gasteiger partial charge is 0.180 e. The molecule has 0 spiro atoms. The summed E-state index contributed by atoms with van der Waals surface area (Å²) in [5.41, 5.74) is 9.95. The lowest BCUT2D eigenvalue weighted by Crippen LogP contribution is -2.01. The first-order chi connectivity index (χ1) is 9.11. The molecule has 102 valence electrons. The average Bonchev–Trinajstić information content (AvgIpc) is 2.75. The van der Waals surface area contributed by atoms with Gasteiger partial charge in [-0.1, -0.05) is 0 Å². The molecule has 0 atom stereocenters. The monoisotopic (exact) mass is 278 g/mol. The molecular formula is C14H18N2O2S. The maximum absolute atomic E-state index is 8.75. The highest BCUT2D eigenvalue weighted by atomic mass is 32.1. The number of anilines is 1. The van der Waals surface area contributed by atoms with E-state index in [1.54, 1.807) is 0 Å². The second kappa shape index (κ2) is 6.04. The summed E-state index contributed by atoms with van der Waals surface area (Å²) in [5.74, 6) is 0.829. The average molecular weight is 278 g/mol. The van der Waals surface area contributed by atoms with Gasteiger partial charge in [0.15, 0.2) is 5.13 Å². The van der Waals surface area contributed by atoms with E-state index in [9.17, 15) is 0 Å². The van der Waals surface area contributed by atoms with Crippen LogP contribution in [0, 0.1) is 13.8 Å². The summed E-state index contributed by atoms with van der Waals surface area (Å²) in [5, 5.41) is 11.3. The highest BCUT2D eigenvalue weighted by molar-refractivity contribution is 7.13. The Morgan fingerprint density at radius 3 is 2.53 bits per heavy atom. The Labute approximate surface area is 116 Å². The summed E-state index contributed by atoms with van der Waals surface area (Å²) in [7, 11) is 0. The number of rotatable bonds is 5. The fraction of sp³-hybridized carbons (Fsp3) is 0.357. The van der Waals surface area contributed by atoms with Crippen molar-refractivity contribution in [3.8, 4) is 17.0 Å². The fourth-order valence-corrected chi connectivity index (χ4v) is 2.62. The summed E-state index contributed by atoms with van der Waals surface area (Å²) in [6.45, 7) is 4.75. The van der Waals surface area contributed by atoms with E-state index < -0.39 is 0 Å². The number of aliphatic hydroxyl groups excluding tert-OH is 1. The maximum Gasteiger partial charge on any atom is 0.180 e. The number of nitrogens with zero attached hydrogens (tertiary/aromatic N) is 1. The minimum absolute atomic E-state index is 0.147. The summed E-state index contributed by atoms with van der Waals surface area (Å²) in [4.78, 5) is 4.33. The summed E-state index contributed by atoms with van der Waals surface area (Å²) < 4.78 is 5.60. The van der Waals surface area contributed by atoms with Gasteiger partial charge in [-0.2, -0.15) is 0 Å². The van der Waals surface area contributed by atoms with Gasteiger partial charge in [-0.3, -0.25) is 0 Å². The van der Waals surface area contributed by atoms with Crippen molar-refractivity contribution < 1.29 is 9.84 Å². The van der Waals surface area contributed by atoms with Crippen LogP contribution >= 0.6 is 11.3 Å². The van der Waals surface area contributed by atoms with Crippen molar-refractivity contribution in [1.29, 1.82) is 0 Å². The molecule has 19 heavy (non-hydrogen) atoms. The van der Waals surface area contributed by atoms with E-state index in [1.165, 1.54) is 11.3 Å². The maximum atomic E-state index is 8.75. The lowest BCUT2D eigenvalue weighted by atomic mass is 10.0. The van der Waals surface area contributed by atoms with Gasteiger partial charge >= 0.3 is 0 Å². The summed E-state index contributed by atoms with van der Waals surface area (Å²) >= 11 is 1.45. The molecule has 1 heterocycles. The van der Waals surface area contributed by atoms with Gasteiger partial charge in [-0.15, -0.1) is 11.3 Å². The predicted octanol–water partition coefficient (Wildman–Crippen LogP) is 2.77. The third-order valence-electron chi connectivity index (χ3n) is 2.86. The normalized spacial score (nSPS) is 10.7. The van der Waals surface area contributed by atoms with Gasteiger partial charge in [-0.05, 0) is 37.1 Å². The van der Waals surface area contributed by atoms with Crippen LogP contribution in [0.2, 0.25) is 0 Å². The Morgan fingerprint density at radius 1 is 1.32 bits per heavy atom. The molecule has 0 bridgehead atoms. The quantitative estimate of drug-likeness (QED) is 0.825. The van der Waals surface area contributed by atoms with E-state index in [-0.39, 0.29) is 6.61 Å². The number of thiazole rings is 1. The van der Waals surface area contributed by atoms with Crippen molar-refractivity contribution >= 4 is 16.5 Å². The molecule has 0 saturated carbocycles. The third kappa shape index (κ3) is 3.24. The van der Waals surface area contributed by atoms with E-state index in [0.29, 0.717) is 18.2 Å². The predicted molar refractivity (Wildman–Crippen MR) is 78.6 cm³/mol. The molecule has 1 aromatic heterocycles. The number of aliphatic hydroxyl groups is 1. The van der Waals surface area contributed by atoms with Gasteiger partial charge in [0, 0.05) is 24.0 Å². The summed E-state index contributed by atoms with van der Waals surface area (Å²) in [6, 6.07) is 3.99. The minimum Gasteiger partial charge on any atom is -0.493 e. The second-order valence-corrected chi connectivity index (χ2v) is 5.32. The zero-order valence-electron chi connectivity index (χ0n) is 11.1. The summed E-state index contributed by atoms with van der Waals surface area (Å²) in [6.07, 6.45) is 0.641. The number of ether oxygens (including phenoxy) is 1. The van der Waals surface area contributed by atoms with Crippen LogP contribution in [0.5, 0.6) is 5.75 Å². The molecule has 3 N–H and O–H groups in total. The number of aromatic nitrogens is 1. The van der Waals surface area contributed by atoms with Gasteiger partial charge in [0.1, 0.15) is 5.75 Å². The van der Waals surface area contributed by atoms with Gasteiger partial charge in [0.25, 0.3) is 0 Å². The Kier molecular flexibility index (Phi) is 4.39. The van der Waals surface area contributed by atoms with Crippen LogP contribution in [0.1, 0.15) is 17.5 Å². The van der Waals surface area contributed by atoms with Crippen molar-refractivity contribution in [1.82, 2.24) is 4.98 Å². The number of aryl methyl sites for hydroxylation is 2. The molecule has 0 fully saturated rings. The van der Waals surface area contributed by atoms with Crippen molar-refractivity contribution in [2.24, 2.45) is 0 Å². The van der Waals surface area contributed by atoms with E-state index in [2.05, 4.69) is 4.98 Å². The first-order valence-electron chi connectivity index (χ1n) is 6.18. The molecule has 2 rings (SSSR count). The van der Waals surface area contributed by atoms with E-state index >= 15 is 0 Å². The fourth-order valence-electron chi connectivity index (χ4n) is 2.07. The topological polar surface area (TPSA) is 68.4 Å². The molecule has 0 amide bonds. The lowest BCUT2D eigenvalue weighted by Gasteiger charge is -2.12. The van der Waals surface area contributed by atoms with Gasteiger partial charge in [-0.25, -0.2) is 4.98 Å². The van der Waals surface area contributed by atoms with Crippen LogP contribution in [0.3, 0.4) is 0 Å². The van der Waals surface area contributed by atoms with Crippen LogP contribution in [-0.2, 0) is 0 Å². The number of nitrogens with two attached hydrogens (primary N) is 1. The van der Waals surface area contributed by atoms with Crippen molar-refractivity contribution in [3.05, 3.63) is 28.6 Å². The van der Waals surface area contributed by atoms with Gasteiger partial charge in [0.05, 0.1) is 12.3 Å². The van der Waals surface area contributed by atoms with Crippen LogP contribution in [0.25, 0.3) is 11.3 Å². The molecule has 0 saturated heterocycles. The lowest BCUT2D eigenvalue weighted by molar-refractivity contribution is 0.233. The first-order valence-corrected chi connectivity index (χ1v) is 7.06. The molecule has 2 aromatic rings. The van der Waals surface area contributed by atoms with E-state index in [0.717, 1.165) is 28.1 Å². The van der Waals surface area contributed by atoms with Gasteiger partial charge in [0.2, 0.25) is 0 Å². The van der Waals surface area contributed by atoms with Crippen molar-refractivity contribution in [3.63, 3.8) is 0 Å². The second-order valence-electron chi connectivity index (χ2n) is 4.43. The number of hydrogen-bond acceptors (Lipinski definition) is 5. The number of hydrogen-bond donors (Lipinski definition) is 2. The molecule has 0 aliphatic rings. The molecular weight excluding hydrogens is 260 g/mol. The SMILES string of the molecule is Cc1cc(OCCCO)cc(C)c1-c1csc(N)n1. The Bertz CT molecular complexity index is 543. The molecule has 5 heteroatoms. The molecule has 1 aromatic carbocycles. The molecule has 0 aliphatic carbocycles. The van der Waals surface area contributed by atoms with Crippen LogP contribution in [-0.4, -0.2) is 23.3 Å². The standard InChI is InChI=1S/C14H18N2O2S/c1-9-6-11(18-5-3-4-17)7-10(2)13(9)12-8-19-14(15)16-12/h6-8,17H,3-5H2,1-2H3,(H2,15,16). The molecule has 4 nitrogen and oxygen atoms in total. The number of benzene rings is 1. The first kappa shape index (κ1) is 13.8. The van der Waals surface area contributed by atoms with Crippen molar-refractivity contribution in [2.45, 2.75) is 20.3 Å². The highest BCUT2D eigenvalue weighted by Gasteiger charge is 2.11. The van der Waals surface area contributed by atoms with Crippen molar-refractivity contribution in [2.75, 3.05) is 18.9 Å². The van der Waals surface area contributed by atoms with Crippen LogP contribution < -0.4 is 10.5 Å². The third-order valence-corrected chi connectivity index (χ3v) is 3.53. The molecule has 0 unspecified atom stereocenters. The van der Waals surface area contributed by atoms with Gasteiger partial charge < -0.3 is 15.6 Å². The molecule has 0 radical (unpaired) electrons.